The summed E-state index contributed by atoms with van der Waals surface area (Å²) in [7, 11) is 1.59. The van der Waals surface area contributed by atoms with Crippen LogP contribution in [0.25, 0.3) is 0 Å². The molecule has 0 unspecified atom stereocenters. The van der Waals surface area contributed by atoms with Gasteiger partial charge in [0.1, 0.15) is 5.75 Å². The first-order valence-electron chi connectivity index (χ1n) is 11.4. The van der Waals surface area contributed by atoms with Crippen LogP contribution in [0.1, 0.15) is 27.0 Å². The second-order valence-corrected chi connectivity index (χ2v) is 8.19. The third kappa shape index (κ3) is 6.16. The van der Waals surface area contributed by atoms with Crippen molar-refractivity contribution in [1.82, 2.24) is 0 Å². The molecule has 0 aromatic heterocycles. The molecule has 0 spiro atoms. The molecule has 6 nitrogen and oxygen atoms in total. The van der Waals surface area contributed by atoms with Crippen molar-refractivity contribution in [1.29, 1.82) is 5.26 Å². The van der Waals surface area contributed by atoms with Gasteiger partial charge in [-0.25, -0.2) is 0 Å². The van der Waals surface area contributed by atoms with Crippen molar-refractivity contribution in [2.24, 2.45) is 0 Å². The third-order valence-electron chi connectivity index (χ3n) is 5.65. The molecule has 178 valence electrons. The predicted molar refractivity (Wildman–Crippen MR) is 140 cm³/mol. The number of ether oxygens (including phenoxy) is 1. The van der Waals surface area contributed by atoms with Gasteiger partial charge in [0.2, 0.25) is 5.91 Å². The minimum Gasteiger partial charge on any atom is -0.497 e. The number of anilines is 2. The van der Waals surface area contributed by atoms with E-state index in [-0.39, 0.29) is 18.2 Å². The average molecular weight is 476 g/mol. The Morgan fingerprint density at radius 3 is 2.22 bits per heavy atom. The average Bonchev–Trinajstić information content (AvgIpc) is 2.92. The van der Waals surface area contributed by atoms with Crippen molar-refractivity contribution in [2.75, 3.05) is 17.3 Å². The first-order valence-corrected chi connectivity index (χ1v) is 11.4. The van der Waals surface area contributed by atoms with E-state index in [1.54, 1.807) is 60.5 Å². The van der Waals surface area contributed by atoms with E-state index in [9.17, 15) is 9.59 Å². The fraction of sp³-hybridized carbons (Fsp3) is 0.100. The van der Waals surface area contributed by atoms with E-state index in [2.05, 4.69) is 11.4 Å². The van der Waals surface area contributed by atoms with Gasteiger partial charge in [-0.2, -0.15) is 5.26 Å². The number of rotatable bonds is 8. The Hall–Kier alpha value is -4.89. The van der Waals surface area contributed by atoms with Gasteiger partial charge in [0.15, 0.2) is 0 Å². The van der Waals surface area contributed by atoms with E-state index in [0.717, 1.165) is 11.1 Å². The first kappa shape index (κ1) is 24.2. The Morgan fingerprint density at radius 1 is 0.861 bits per heavy atom. The zero-order chi connectivity index (χ0) is 25.3. The van der Waals surface area contributed by atoms with Crippen LogP contribution in [0.2, 0.25) is 0 Å². The minimum atomic E-state index is -0.192. The summed E-state index contributed by atoms with van der Waals surface area (Å²) in [6, 6.07) is 32.9. The molecular weight excluding hydrogens is 450 g/mol. The number of benzene rings is 4. The molecule has 0 saturated heterocycles. The number of nitrogens with zero attached hydrogens (tertiary/aromatic N) is 2. The lowest BCUT2D eigenvalue weighted by Gasteiger charge is -2.24. The highest BCUT2D eigenvalue weighted by molar-refractivity contribution is 6.06. The van der Waals surface area contributed by atoms with E-state index in [1.807, 2.05) is 54.6 Å². The van der Waals surface area contributed by atoms with Gasteiger partial charge >= 0.3 is 0 Å². The molecule has 4 aromatic rings. The maximum Gasteiger partial charge on any atom is 0.258 e. The number of amides is 2. The summed E-state index contributed by atoms with van der Waals surface area (Å²) in [5.41, 5.74) is 4.09. The van der Waals surface area contributed by atoms with Crippen LogP contribution in [0.3, 0.4) is 0 Å². The standard InChI is InChI=1S/C30H25N3O3/c1-36-28-16-14-26(15-17-28)32-29(34)19-24-8-5-9-27(18-24)33(21-23-6-3-2-4-7-23)30(35)25-12-10-22(20-31)11-13-25/h2-18H,19,21H2,1H3,(H,32,34). The van der Waals surface area contributed by atoms with Gasteiger partial charge in [-0.15, -0.1) is 0 Å². The summed E-state index contributed by atoms with van der Waals surface area (Å²) >= 11 is 0. The van der Waals surface area contributed by atoms with Crippen molar-refractivity contribution in [3.8, 4) is 11.8 Å². The van der Waals surface area contributed by atoms with Crippen LogP contribution in [0.4, 0.5) is 11.4 Å². The summed E-state index contributed by atoms with van der Waals surface area (Å²) in [6.07, 6.45) is 0.157. The Balaban J connectivity index is 1.56. The molecule has 0 aliphatic carbocycles. The van der Waals surface area contributed by atoms with Crippen LogP contribution in [0.15, 0.2) is 103 Å². The minimum absolute atomic E-state index is 0.157. The van der Waals surface area contributed by atoms with Crippen molar-refractivity contribution in [2.45, 2.75) is 13.0 Å². The SMILES string of the molecule is COc1ccc(NC(=O)Cc2cccc(N(Cc3ccccc3)C(=O)c3ccc(C#N)cc3)c2)cc1. The molecule has 0 heterocycles. The topological polar surface area (TPSA) is 82.4 Å². The van der Waals surface area contributed by atoms with Crippen LogP contribution in [0.5, 0.6) is 5.75 Å². The van der Waals surface area contributed by atoms with Crippen molar-refractivity contribution in [3.63, 3.8) is 0 Å². The summed E-state index contributed by atoms with van der Waals surface area (Å²) in [4.78, 5) is 27.9. The number of carbonyl (C=O) groups is 2. The molecule has 0 fully saturated rings. The van der Waals surface area contributed by atoms with E-state index in [4.69, 9.17) is 10.00 Å². The van der Waals surface area contributed by atoms with Crippen molar-refractivity contribution >= 4 is 23.2 Å². The number of hydrogen-bond donors (Lipinski definition) is 1. The van der Waals surface area contributed by atoms with E-state index >= 15 is 0 Å². The van der Waals surface area contributed by atoms with E-state index in [1.165, 1.54) is 0 Å². The van der Waals surface area contributed by atoms with Crippen LogP contribution < -0.4 is 15.0 Å². The highest BCUT2D eigenvalue weighted by Crippen LogP contribution is 2.23. The highest BCUT2D eigenvalue weighted by atomic mass is 16.5. The van der Waals surface area contributed by atoms with Crippen molar-refractivity contribution in [3.05, 3.63) is 125 Å². The summed E-state index contributed by atoms with van der Waals surface area (Å²) in [6.45, 7) is 0.362. The monoisotopic (exact) mass is 475 g/mol. The van der Waals surface area contributed by atoms with Gasteiger partial charge in [-0.1, -0.05) is 42.5 Å². The molecule has 0 aliphatic heterocycles. The van der Waals surface area contributed by atoms with E-state index in [0.29, 0.717) is 34.8 Å². The van der Waals surface area contributed by atoms with Gasteiger partial charge in [-0.3, -0.25) is 9.59 Å². The maximum atomic E-state index is 13.5. The molecule has 4 rings (SSSR count). The lowest BCUT2D eigenvalue weighted by atomic mass is 10.1. The number of hydrogen-bond acceptors (Lipinski definition) is 4. The molecule has 6 heteroatoms. The zero-order valence-electron chi connectivity index (χ0n) is 19.8. The smallest absolute Gasteiger partial charge is 0.258 e. The number of methoxy groups -OCH3 is 1. The molecule has 1 N–H and O–H groups in total. The second-order valence-electron chi connectivity index (χ2n) is 8.19. The first-order chi connectivity index (χ1) is 17.6. The molecule has 36 heavy (non-hydrogen) atoms. The van der Waals surface area contributed by atoms with E-state index < -0.39 is 0 Å². The number of nitriles is 1. The summed E-state index contributed by atoms with van der Waals surface area (Å²) < 4.78 is 5.15. The van der Waals surface area contributed by atoms with Gasteiger partial charge in [-0.05, 0) is 71.8 Å². The molecule has 4 aromatic carbocycles. The van der Waals surface area contributed by atoms with Crippen LogP contribution in [0, 0.1) is 11.3 Å². The fourth-order valence-corrected chi connectivity index (χ4v) is 3.79. The summed E-state index contributed by atoms with van der Waals surface area (Å²) in [5.74, 6) is 0.361. The number of carbonyl (C=O) groups excluding carboxylic acids is 2. The fourth-order valence-electron chi connectivity index (χ4n) is 3.79. The molecule has 0 saturated carbocycles. The zero-order valence-corrected chi connectivity index (χ0v) is 19.8. The summed E-state index contributed by atoms with van der Waals surface area (Å²) in [5, 5.41) is 12.0. The Labute approximate surface area is 210 Å². The van der Waals surface area contributed by atoms with Gasteiger partial charge in [0, 0.05) is 16.9 Å². The number of nitrogens with one attached hydrogen (secondary N) is 1. The van der Waals surface area contributed by atoms with Crippen molar-refractivity contribution < 1.29 is 14.3 Å². The molecular formula is C30H25N3O3. The van der Waals surface area contributed by atoms with Gasteiger partial charge in [0.25, 0.3) is 5.91 Å². The highest BCUT2D eigenvalue weighted by Gasteiger charge is 2.19. The Bertz CT molecular complexity index is 1380. The quantitative estimate of drug-likeness (QED) is 0.360. The van der Waals surface area contributed by atoms with Gasteiger partial charge < -0.3 is 15.0 Å². The molecule has 0 radical (unpaired) electrons. The molecule has 0 atom stereocenters. The Kier molecular flexibility index (Phi) is 7.74. The van der Waals surface area contributed by atoms with Crippen LogP contribution in [-0.4, -0.2) is 18.9 Å². The normalized spacial score (nSPS) is 10.2. The largest absolute Gasteiger partial charge is 0.497 e. The Morgan fingerprint density at radius 2 is 1.56 bits per heavy atom. The second kappa shape index (κ2) is 11.5. The molecule has 0 bridgehead atoms. The van der Waals surface area contributed by atoms with Crippen LogP contribution in [-0.2, 0) is 17.8 Å². The molecule has 0 aliphatic rings. The lowest BCUT2D eigenvalue weighted by molar-refractivity contribution is -0.115. The lowest BCUT2D eigenvalue weighted by Crippen LogP contribution is -2.30. The molecule has 2 amide bonds. The third-order valence-corrected chi connectivity index (χ3v) is 5.65. The van der Waals surface area contributed by atoms with Crippen LogP contribution >= 0.6 is 0 Å². The predicted octanol–water partition coefficient (Wildman–Crippen LogP) is 5.60. The van der Waals surface area contributed by atoms with Gasteiger partial charge in [0.05, 0.1) is 31.7 Å². The maximum absolute atomic E-state index is 13.5.